The minimum atomic E-state index is -0.421. The van der Waals surface area contributed by atoms with Gasteiger partial charge in [-0.25, -0.2) is 4.79 Å². The first kappa shape index (κ1) is 29.3. The van der Waals surface area contributed by atoms with Crippen molar-refractivity contribution >= 4 is 29.8 Å². The van der Waals surface area contributed by atoms with Gasteiger partial charge in [-0.05, 0) is 109 Å². The molecule has 0 bridgehead atoms. The van der Waals surface area contributed by atoms with Crippen LogP contribution in [0.3, 0.4) is 0 Å². The van der Waals surface area contributed by atoms with Gasteiger partial charge in [0.1, 0.15) is 17.2 Å². The molecule has 0 saturated carbocycles. The van der Waals surface area contributed by atoms with Crippen molar-refractivity contribution < 1.29 is 19.0 Å². The maximum absolute atomic E-state index is 12.6. The van der Waals surface area contributed by atoms with Crippen molar-refractivity contribution in [3.05, 3.63) is 114 Å². The van der Waals surface area contributed by atoms with Crippen LogP contribution in [-0.4, -0.2) is 31.6 Å². The highest BCUT2D eigenvalue weighted by atomic mass is 16.5. The predicted octanol–water partition coefficient (Wildman–Crippen LogP) is 8.76. The number of unbranched alkanes of at least 4 members (excludes halogenated alkanes) is 2. The van der Waals surface area contributed by atoms with E-state index >= 15 is 0 Å². The fraction of sp³-hybridized carbons (Fsp3) is 0.229. The average Bonchev–Trinajstić information content (AvgIpc) is 3.01. The fourth-order valence-corrected chi connectivity index (χ4v) is 3.72. The average molecular weight is 549 g/mol. The number of rotatable bonds is 14. The van der Waals surface area contributed by atoms with Gasteiger partial charge in [0.05, 0.1) is 30.2 Å². The van der Waals surface area contributed by atoms with Crippen molar-refractivity contribution in [2.45, 2.75) is 39.5 Å². The van der Waals surface area contributed by atoms with Crippen molar-refractivity contribution in [1.29, 1.82) is 0 Å². The van der Waals surface area contributed by atoms with E-state index < -0.39 is 5.97 Å². The van der Waals surface area contributed by atoms with E-state index in [4.69, 9.17) is 14.2 Å². The molecule has 4 rings (SSSR count). The first-order chi connectivity index (χ1) is 20.1. The number of nitrogens with zero attached hydrogens (tertiary/aromatic N) is 2. The van der Waals surface area contributed by atoms with Gasteiger partial charge in [-0.2, -0.15) is 0 Å². The number of aliphatic imine (C=N–C) groups is 2. The van der Waals surface area contributed by atoms with Crippen LogP contribution in [0.25, 0.3) is 0 Å². The van der Waals surface area contributed by atoms with Gasteiger partial charge in [0, 0.05) is 12.4 Å². The van der Waals surface area contributed by atoms with E-state index in [0.717, 1.165) is 72.9 Å². The van der Waals surface area contributed by atoms with Crippen molar-refractivity contribution in [3.63, 3.8) is 0 Å². The summed E-state index contributed by atoms with van der Waals surface area (Å²) in [5.74, 6) is 1.74. The lowest BCUT2D eigenvalue weighted by Crippen LogP contribution is -2.08. The maximum Gasteiger partial charge on any atom is 0.343 e. The van der Waals surface area contributed by atoms with Crippen LogP contribution in [0.5, 0.6) is 17.2 Å². The molecule has 0 spiro atoms. The molecule has 210 valence electrons. The minimum Gasteiger partial charge on any atom is -0.494 e. The van der Waals surface area contributed by atoms with Crippen LogP contribution in [0.4, 0.5) is 11.4 Å². The van der Waals surface area contributed by atoms with Crippen LogP contribution < -0.4 is 14.2 Å². The molecule has 4 aromatic rings. The van der Waals surface area contributed by atoms with Gasteiger partial charge in [-0.15, -0.1) is 0 Å². The Morgan fingerprint density at radius 1 is 0.585 bits per heavy atom. The van der Waals surface area contributed by atoms with Crippen molar-refractivity contribution in [2.24, 2.45) is 9.98 Å². The summed E-state index contributed by atoms with van der Waals surface area (Å²) in [6, 6.07) is 29.7. The molecular weight excluding hydrogens is 512 g/mol. The van der Waals surface area contributed by atoms with Gasteiger partial charge in [-0.1, -0.05) is 38.8 Å². The lowest BCUT2D eigenvalue weighted by molar-refractivity contribution is 0.0734. The van der Waals surface area contributed by atoms with Crippen LogP contribution in [0.1, 0.15) is 61.0 Å². The molecule has 0 saturated heterocycles. The second-order valence-electron chi connectivity index (χ2n) is 9.49. The van der Waals surface area contributed by atoms with E-state index in [-0.39, 0.29) is 0 Å². The largest absolute Gasteiger partial charge is 0.494 e. The summed E-state index contributed by atoms with van der Waals surface area (Å²) < 4.78 is 16.9. The molecule has 0 aliphatic carbocycles. The smallest absolute Gasteiger partial charge is 0.343 e. The fourth-order valence-electron chi connectivity index (χ4n) is 3.72. The highest BCUT2D eigenvalue weighted by Gasteiger charge is 2.08. The van der Waals surface area contributed by atoms with Crippen molar-refractivity contribution in [2.75, 3.05) is 13.2 Å². The summed E-state index contributed by atoms with van der Waals surface area (Å²) in [4.78, 5) is 21.6. The molecule has 6 nitrogen and oxygen atoms in total. The van der Waals surface area contributed by atoms with Gasteiger partial charge in [0.15, 0.2) is 0 Å². The SMILES string of the molecule is CCCCOc1ccc(N=Cc2ccc(OC(=O)c3ccc(C=Nc4ccc(OCCCC)cc4)cc3)cc2)cc1. The van der Waals surface area contributed by atoms with E-state index in [2.05, 4.69) is 23.8 Å². The molecule has 0 unspecified atom stereocenters. The molecule has 0 aliphatic heterocycles. The van der Waals surface area contributed by atoms with Crippen LogP contribution in [-0.2, 0) is 0 Å². The zero-order chi connectivity index (χ0) is 28.7. The first-order valence-electron chi connectivity index (χ1n) is 14.1. The second kappa shape index (κ2) is 15.8. The first-order valence-corrected chi connectivity index (χ1v) is 14.1. The summed E-state index contributed by atoms with van der Waals surface area (Å²) in [6.45, 7) is 5.72. The summed E-state index contributed by atoms with van der Waals surface area (Å²) in [5.41, 5.74) is 3.91. The lowest BCUT2D eigenvalue weighted by Gasteiger charge is -2.06. The quantitative estimate of drug-likeness (QED) is 0.0683. The minimum absolute atomic E-state index is 0.421. The Kier molecular flexibility index (Phi) is 11.3. The molecule has 0 amide bonds. The second-order valence-corrected chi connectivity index (χ2v) is 9.49. The third kappa shape index (κ3) is 9.76. The Morgan fingerprint density at radius 3 is 1.44 bits per heavy atom. The van der Waals surface area contributed by atoms with Crippen molar-refractivity contribution in [1.82, 2.24) is 0 Å². The number of hydrogen-bond donors (Lipinski definition) is 0. The third-order valence-electron chi connectivity index (χ3n) is 6.17. The van der Waals surface area contributed by atoms with Gasteiger partial charge in [0.2, 0.25) is 0 Å². The zero-order valence-corrected chi connectivity index (χ0v) is 23.7. The number of carbonyl (C=O) groups excluding carboxylic acids is 1. The third-order valence-corrected chi connectivity index (χ3v) is 6.17. The van der Waals surface area contributed by atoms with E-state index in [1.165, 1.54) is 0 Å². The molecule has 0 radical (unpaired) electrons. The highest BCUT2D eigenvalue weighted by Crippen LogP contribution is 2.20. The molecular formula is C35H36N2O4. The predicted molar refractivity (Wildman–Crippen MR) is 166 cm³/mol. The van der Waals surface area contributed by atoms with Gasteiger partial charge in [-0.3, -0.25) is 9.98 Å². The molecule has 0 heterocycles. The summed E-state index contributed by atoms with van der Waals surface area (Å²) in [6.07, 6.45) is 7.83. The Hall–Kier alpha value is -4.71. The standard InChI is InChI=1S/C35H36N2O4/c1-3-5-23-39-32-19-13-30(14-20-32)36-25-27-7-11-29(12-8-27)35(38)41-34-17-9-28(10-18-34)26-37-31-15-21-33(22-16-31)40-24-6-4-2/h7-22,25-26H,3-6,23-24H2,1-2H3. The Labute approximate surface area is 242 Å². The van der Waals surface area contributed by atoms with E-state index in [1.807, 2.05) is 72.8 Å². The zero-order valence-electron chi connectivity index (χ0n) is 23.7. The number of benzene rings is 4. The van der Waals surface area contributed by atoms with E-state index in [1.54, 1.807) is 36.7 Å². The highest BCUT2D eigenvalue weighted by molar-refractivity contribution is 5.92. The molecule has 0 atom stereocenters. The number of esters is 1. The molecule has 6 heteroatoms. The molecule has 0 aliphatic rings. The molecule has 0 fully saturated rings. The van der Waals surface area contributed by atoms with Gasteiger partial charge < -0.3 is 14.2 Å². The van der Waals surface area contributed by atoms with Gasteiger partial charge in [0.25, 0.3) is 0 Å². The van der Waals surface area contributed by atoms with Crippen LogP contribution in [0.15, 0.2) is 107 Å². The van der Waals surface area contributed by atoms with E-state index in [9.17, 15) is 4.79 Å². The molecule has 4 aromatic carbocycles. The lowest BCUT2D eigenvalue weighted by atomic mass is 10.1. The Balaban J connectivity index is 1.26. The van der Waals surface area contributed by atoms with Crippen LogP contribution in [0.2, 0.25) is 0 Å². The molecule has 41 heavy (non-hydrogen) atoms. The van der Waals surface area contributed by atoms with Gasteiger partial charge >= 0.3 is 5.97 Å². The Morgan fingerprint density at radius 2 is 1.00 bits per heavy atom. The molecule has 0 N–H and O–H groups in total. The maximum atomic E-state index is 12.6. The monoisotopic (exact) mass is 548 g/mol. The normalized spacial score (nSPS) is 11.2. The number of carbonyl (C=O) groups is 1. The van der Waals surface area contributed by atoms with Crippen LogP contribution in [0, 0.1) is 0 Å². The topological polar surface area (TPSA) is 69.5 Å². The number of ether oxygens (including phenoxy) is 3. The Bertz CT molecular complexity index is 1410. The summed E-state index contributed by atoms with van der Waals surface area (Å²) in [7, 11) is 0. The van der Waals surface area contributed by atoms with E-state index in [0.29, 0.717) is 11.3 Å². The number of hydrogen-bond acceptors (Lipinski definition) is 6. The molecule has 0 aromatic heterocycles. The summed E-state index contributed by atoms with van der Waals surface area (Å²) >= 11 is 0. The van der Waals surface area contributed by atoms with Crippen LogP contribution >= 0.6 is 0 Å². The summed E-state index contributed by atoms with van der Waals surface area (Å²) in [5, 5.41) is 0. The van der Waals surface area contributed by atoms with Crippen molar-refractivity contribution in [3.8, 4) is 17.2 Å².